The number of methoxy groups -OCH3 is 1. The van der Waals surface area contributed by atoms with Crippen LogP contribution in [0, 0.1) is 13.8 Å². The number of anilines is 1. The highest BCUT2D eigenvalue weighted by Gasteiger charge is 2.29. The van der Waals surface area contributed by atoms with Crippen molar-refractivity contribution in [2.75, 3.05) is 11.4 Å². The molecule has 1 atom stereocenters. The van der Waals surface area contributed by atoms with E-state index in [9.17, 15) is 13.2 Å². The number of sulfonamides is 1. The normalized spacial score (nSPS) is 12.0. The minimum Gasteiger partial charge on any atom is -0.497 e. The summed E-state index contributed by atoms with van der Waals surface area (Å²) < 4.78 is 34.5. The van der Waals surface area contributed by atoms with Crippen molar-refractivity contribution in [3.8, 4) is 5.75 Å². The van der Waals surface area contributed by atoms with Crippen LogP contribution in [0.4, 0.5) is 5.69 Å². The Bertz CT molecular complexity index is 1520. The Morgan fingerprint density at radius 1 is 0.895 bits per heavy atom. The summed E-state index contributed by atoms with van der Waals surface area (Å²) in [6, 6.07) is 28.2. The maximum Gasteiger partial charge on any atom is 0.264 e. The summed E-state index contributed by atoms with van der Waals surface area (Å²) in [5.41, 5.74) is 4.61. The average molecular weight is 529 g/mol. The van der Waals surface area contributed by atoms with Crippen molar-refractivity contribution in [3.63, 3.8) is 0 Å². The van der Waals surface area contributed by atoms with E-state index in [0.29, 0.717) is 11.4 Å². The summed E-state index contributed by atoms with van der Waals surface area (Å²) in [5, 5.41) is 3.06. The van der Waals surface area contributed by atoms with Gasteiger partial charge in [0, 0.05) is 0 Å². The topological polar surface area (TPSA) is 75.7 Å². The molecule has 0 aromatic heterocycles. The van der Waals surface area contributed by atoms with Gasteiger partial charge in [-0.1, -0.05) is 66.2 Å². The smallest absolute Gasteiger partial charge is 0.264 e. The first-order valence-electron chi connectivity index (χ1n) is 12.4. The summed E-state index contributed by atoms with van der Waals surface area (Å²) in [6.45, 7) is 6.03. The number of carbonyl (C=O) groups excluding carboxylic acids is 1. The molecule has 6 nitrogen and oxygen atoms in total. The Kier molecular flexibility index (Phi) is 8.17. The number of hydrogen-bond donors (Lipinski definition) is 1. The first-order valence-corrected chi connectivity index (χ1v) is 13.8. The SMILES string of the molecule is COc1ccc(S(=O)(=O)N(Cc2ccccc2)c2ccccc2C(=O)N[C@H](C)c2ccc(C)cc2C)cc1. The molecule has 4 aromatic carbocycles. The zero-order valence-electron chi connectivity index (χ0n) is 22.0. The zero-order valence-corrected chi connectivity index (χ0v) is 22.8. The van der Waals surface area contributed by atoms with Crippen molar-refractivity contribution in [2.24, 2.45) is 0 Å². The molecule has 0 heterocycles. The number of amides is 1. The van der Waals surface area contributed by atoms with Crippen molar-refractivity contribution in [1.29, 1.82) is 0 Å². The van der Waals surface area contributed by atoms with E-state index < -0.39 is 10.0 Å². The van der Waals surface area contributed by atoms with Gasteiger partial charge in [-0.25, -0.2) is 8.42 Å². The summed E-state index contributed by atoms with van der Waals surface area (Å²) in [4.78, 5) is 13.7. The van der Waals surface area contributed by atoms with Crippen LogP contribution in [0.1, 0.15) is 45.6 Å². The van der Waals surface area contributed by atoms with E-state index in [0.717, 1.165) is 22.3 Å². The van der Waals surface area contributed by atoms with Gasteiger partial charge >= 0.3 is 0 Å². The summed E-state index contributed by atoms with van der Waals surface area (Å²) in [5.74, 6) is 0.204. The van der Waals surface area contributed by atoms with Crippen LogP contribution in [-0.4, -0.2) is 21.4 Å². The summed E-state index contributed by atoms with van der Waals surface area (Å²) >= 11 is 0. The fraction of sp³-hybridized carbons (Fsp3) is 0.194. The van der Waals surface area contributed by atoms with E-state index in [-0.39, 0.29) is 29.0 Å². The van der Waals surface area contributed by atoms with Crippen LogP contribution >= 0.6 is 0 Å². The number of carbonyl (C=O) groups is 1. The molecule has 0 aliphatic rings. The molecule has 4 aromatic rings. The minimum absolute atomic E-state index is 0.0616. The number of aryl methyl sites for hydroxylation is 2. The van der Waals surface area contributed by atoms with E-state index in [2.05, 4.69) is 11.4 Å². The molecule has 38 heavy (non-hydrogen) atoms. The van der Waals surface area contributed by atoms with E-state index in [1.165, 1.54) is 23.5 Å². The van der Waals surface area contributed by atoms with Gasteiger partial charge in [0.05, 0.1) is 35.8 Å². The van der Waals surface area contributed by atoms with Gasteiger partial charge in [-0.15, -0.1) is 0 Å². The molecule has 0 unspecified atom stereocenters. The first kappa shape index (κ1) is 26.9. The molecule has 0 saturated heterocycles. The molecular formula is C31H32N2O4S. The second-order valence-corrected chi connectivity index (χ2v) is 11.1. The van der Waals surface area contributed by atoms with E-state index in [1.807, 2.05) is 63.2 Å². The van der Waals surface area contributed by atoms with Crippen LogP contribution in [-0.2, 0) is 16.6 Å². The Labute approximate surface area is 225 Å². The Morgan fingerprint density at radius 3 is 2.21 bits per heavy atom. The molecule has 0 fully saturated rings. The number of nitrogens with zero attached hydrogens (tertiary/aromatic N) is 1. The minimum atomic E-state index is -4.03. The Balaban J connectivity index is 1.74. The maximum absolute atomic E-state index is 14.0. The number of hydrogen-bond acceptors (Lipinski definition) is 4. The monoisotopic (exact) mass is 528 g/mol. The molecule has 7 heteroatoms. The summed E-state index contributed by atoms with van der Waals surface area (Å²) in [6.07, 6.45) is 0. The van der Waals surface area contributed by atoms with Gasteiger partial charge in [-0.2, -0.15) is 0 Å². The largest absolute Gasteiger partial charge is 0.497 e. The lowest BCUT2D eigenvalue weighted by atomic mass is 10.00. The lowest BCUT2D eigenvalue weighted by Crippen LogP contribution is -2.34. The van der Waals surface area contributed by atoms with Crippen LogP contribution in [0.5, 0.6) is 5.75 Å². The van der Waals surface area contributed by atoms with Crippen LogP contribution in [0.2, 0.25) is 0 Å². The van der Waals surface area contributed by atoms with Gasteiger partial charge in [-0.3, -0.25) is 9.10 Å². The molecule has 0 saturated carbocycles. The van der Waals surface area contributed by atoms with E-state index in [1.54, 1.807) is 36.4 Å². The molecule has 0 aliphatic carbocycles. The molecule has 0 aliphatic heterocycles. The van der Waals surface area contributed by atoms with Gasteiger partial charge in [-0.05, 0) is 73.9 Å². The van der Waals surface area contributed by atoms with Crippen LogP contribution < -0.4 is 14.4 Å². The van der Waals surface area contributed by atoms with E-state index in [4.69, 9.17) is 4.74 Å². The van der Waals surface area contributed by atoms with Crippen molar-refractivity contribution in [1.82, 2.24) is 5.32 Å². The molecule has 1 amide bonds. The first-order chi connectivity index (χ1) is 18.2. The van der Waals surface area contributed by atoms with Gasteiger partial charge < -0.3 is 10.1 Å². The third kappa shape index (κ3) is 5.89. The second kappa shape index (κ2) is 11.5. The molecule has 1 N–H and O–H groups in total. The maximum atomic E-state index is 14.0. The van der Waals surface area contributed by atoms with Crippen molar-refractivity contribution in [3.05, 3.63) is 125 Å². The summed E-state index contributed by atoms with van der Waals surface area (Å²) in [7, 11) is -2.50. The van der Waals surface area contributed by atoms with Crippen molar-refractivity contribution in [2.45, 2.75) is 38.3 Å². The molecule has 0 radical (unpaired) electrons. The lowest BCUT2D eigenvalue weighted by molar-refractivity contribution is 0.0940. The van der Waals surface area contributed by atoms with Crippen LogP contribution in [0.3, 0.4) is 0 Å². The molecule has 0 bridgehead atoms. The number of ether oxygens (including phenoxy) is 1. The molecule has 4 rings (SSSR count). The number of nitrogens with one attached hydrogen (secondary N) is 1. The highest BCUT2D eigenvalue weighted by atomic mass is 32.2. The molecular weight excluding hydrogens is 496 g/mol. The Hall–Kier alpha value is -4.10. The molecule has 0 spiro atoms. The predicted octanol–water partition coefficient (Wildman–Crippen LogP) is 6.20. The van der Waals surface area contributed by atoms with Gasteiger partial charge in [0.1, 0.15) is 5.75 Å². The van der Waals surface area contributed by atoms with Crippen molar-refractivity contribution >= 4 is 21.6 Å². The lowest BCUT2D eigenvalue weighted by Gasteiger charge is -2.27. The fourth-order valence-electron chi connectivity index (χ4n) is 4.47. The third-order valence-electron chi connectivity index (χ3n) is 6.47. The fourth-order valence-corrected chi connectivity index (χ4v) is 5.94. The van der Waals surface area contributed by atoms with Crippen LogP contribution in [0.15, 0.2) is 102 Å². The number of para-hydroxylation sites is 1. The highest BCUT2D eigenvalue weighted by molar-refractivity contribution is 7.92. The van der Waals surface area contributed by atoms with Crippen LogP contribution in [0.25, 0.3) is 0 Å². The van der Waals surface area contributed by atoms with Gasteiger partial charge in [0.25, 0.3) is 15.9 Å². The number of rotatable bonds is 9. The highest BCUT2D eigenvalue weighted by Crippen LogP contribution is 2.30. The Morgan fingerprint density at radius 2 is 1.55 bits per heavy atom. The predicted molar refractivity (Wildman–Crippen MR) is 151 cm³/mol. The quantitative estimate of drug-likeness (QED) is 0.281. The van der Waals surface area contributed by atoms with E-state index >= 15 is 0 Å². The average Bonchev–Trinajstić information content (AvgIpc) is 2.92. The van der Waals surface area contributed by atoms with Gasteiger partial charge in [0.15, 0.2) is 0 Å². The van der Waals surface area contributed by atoms with Crippen molar-refractivity contribution < 1.29 is 17.9 Å². The zero-order chi connectivity index (χ0) is 27.3. The number of benzene rings is 4. The second-order valence-electron chi connectivity index (χ2n) is 9.25. The van der Waals surface area contributed by atoms with Gasteiger partial charge in [0.2, 0.25) is 0 Å². The standard InChI is InChI=1S/C31H32N2O4S/c1-22-14-19-28(23(2)20-22)24(3)32-31(34)29-12-8-9-13-30(29)33(21-25-10-6-5-7-11-25)38(35,36)27-17-15-26(37-4)16-18-27/h5-20,24H,21H2,1-4H3,(H,32,34)/t24-/m1/s1. The molecule has 196 valence electrons. The third-order valence-corrected chi connectivity index (χ3v) is 8.25.